The van der Waals surface area contributed by atoms with E-state index in [1.807, 2.05) is 0 Å². The summed E-state index contributed by atoms with van der Waals surface area (Å²) in [5.41, 5.74) is 1.39. The lowest BCUT2D eigenvalue weighted by molar-refractivity contribution is 0.316. The zero-order valence-electron chi connectivity index (χ0n) is 11.5. The minimum absolute atomic E-state index is 0. The Hall–Kier alpha value is -0.250. The maximum Gasteiger partial charge on any atom is 0.120 e. The van der Waals surface area contributed by atoms with E-state index in [2.05, 4.69) is 46.4 Å². The van der Waals surface area contributed by atoms with Crippen LogP contribution in [0.2, 0.25) is 0 Å². The van der Waals surface area contributed by atoms with E-state index in [1.165, 1.54) is 24.8 Å². The Morgan fingerprint density at radius 2 is 2.00 bits per heavy atom. The molecule has 0 saturated carbocycles. The molecule has 0 aromatic heterocycles. The highest BCUT2D eigenvalue weighted by atomic mass is 79.9. The Bertz CT molecular complexity index is 380. The topological polar surface area (TPSA) is 21.3 Å². The number of benzene rings is 1. The SMILES string of the molecule is CCCOc1cc(Br)cc(CC2CCNCC2)c1.Cl. The highest BCUT2D eigenvalue weighted by Gasteiger charge is 2.14. The minimum Gasteiger partial charge on any atom is -0.494 e. The van der Waals surface area contributed by atoms with Gasteiger partial charge in [0.1, 0.15) is 5.75 Å². The van der Waals surface area contributed by atoms with Crippen LogP contribution in [0.5, 0.6) is 5.75 Å². The van der Waals surface area contributed by atoms with Crippen molar-refractivity contribution in [3.63, 3.8) is 0 Å². The molecular weight excluding hydrogens is 326 g/mol. The molecule has 0 bridgehead atoms. The number of nitrogens with one attached hydrogen (secondary N) is 1. The van der Waals surface area contributed by atoms with E-state index in [0.29, 0.717) is 0 Å². The van der Waals surface area contributed by atoms with Gasteiger partial charge in [0.15, 0.2) is 0 Å². The van der Waals surface area contributed by atoms with Gasteiger partial charge in [-0.2, -0.15) is 0 Å². The average molecular weight is 349 g/mol. The Morgan fingerprint density at radius 1 is 1.26 bits per heavy atom. The van der Waals surface area contributed by atoms with Crippen LogP contribution in [0, 0.1) is 5.92 Å². The standard InChI is InChI=1S/C15H22BrNO.ClH/c1-2-7-18-15-10-13(9-14(16)11-15)8-12-3-5-17-6-4-12;/h9-12,17H,2-8H2,1H3;1H. The number of piperidine rings is 1. The second kappa shape index (κ2) is 8.83. The lowest BCUT2D eigenvalue weighted by Crippen LogP contribution is -2.28. The summed E-state index contributed by atoms with van der Waals surface area (Å²) in [6.07, 6.45) is 4.80. The summed E-state index contributed by atoms with van der Waals surface area (Å²) in [4.78, 5) is 0. The third-order valence-corrected chi connectivity index (χ3v) is 3.84. The number of rotatable bonds is 5. The van der Waals surface area contributed by atoms with Gasteiger partial charge in [0.25, 0.3) is 0 Å². The molecule has 1 aliphatic heterocycles. The van der Waals surface area contributed by atoms with Gasteiger partial charge in [0.2, 0.25) is 0 Å². The monoisotopic (exact) mass is 347 g/mol. The largest absolute Gasteiger partial charge is 0.494 e. The van der Waals surface area contributed by atoms with Crippen molar-refractivity contribution in [1.29, 1.82) is 0 Å². The van der Waals surface area contributed by atoms with E-state index in [-0.39, 0.29) is 12.4 Å². The van der Waals surface area contributed by atoms with Gasteiger partial charge >= 0.3 is 0 Å². The van der Waals surface area contributed by atoms with Crippen molar-refractivity contribution in [3.05, 3.63) is 28.2 Å². The minimum atomic E-state index is 0. The lowest BCUT2D eigenvalue weighted by Gasteiger charge is -2.22. The predicted octanol–water partition coefficient (Wildman–Crippen LogP) is 4.20. The van der Waals surface area contributed by atoms with Crippen LogP contribution in [0.3, 0.4) is 0 Å². The molecule has 108 valence electrons. The first-order valence-corrected chi connectivity index (χ1v) is 7.70. The normalized spacial score (nSPS) is 15.9. The summed E-state index contributed by atoms with van der Waals surface area (Å²) < 4.78 is 6.85. The Morgan fingerprint density at radius 3 is 2.68 bits per heavy atom. The van der Waals surface area contributed by atoms with Gasteiger partial charge < -0.3 is 10.1 Å². The summed E-state index contributed by atoms with van der Waals surface area (Å²) in [5, 5.41) is 3.42. The fourth-order valence-electron chi connectivity index (χ4n) is 2.46. The van der Waals surface area contributed by atoms with Crippen LogP contribution in [-0.4, -0.2) is 19.7 Å². The van der Waals surface area contributed by atoms with Crippen LogP contribution >= 0.6 is 28.3 Å². The van der Waals surface area contributed by atoms with Gasteiger partial charge in [-0.05, 0) is 68.5 Å². The zero-order chi connectivity index (χ0) is 12.8. The summed E-state index contributed by atoms with van der Waals surface area (Å²) in [6, 6.07) is 6.48. The second-order valence-corrected chi connectivity index (χ2v) is 5.96. The van der Waals surface area contributed by atoms with Crippen molar-refractivity contribution in [1.82, 2.24) is 5.32 Å². The van der Waals surface area contributed by atoms with Gasteiger partial charge in [0.05, 0.1) is 6.61 Å². The second-order valence-electron chi connectivity index (χ2n) is 5.04. The van der Waals surface area contributed by atoms with E-state index < -0.39 is 0 Å². The Labute approximate surface area is 130 Å². The van der Waals surface area contributed by atoms with Crippen molar-refractivity contribution in [2.24, 2.45) is 5.92 Å². The van der Waals surface area contributed by atoms with Crippen molar-refractivity contribution in [3.8, 4) is 5.75 Å². The summed E-state index contributed by atoms with van der Waals surface area (Å²) in [5.74, 6) is 1.81. The molecule has 0 unspecified atom stereocenters. The average Bonchev–Trinajstić information content (AvgIpc) is 2.37. The number of ether oxygens (including phenoxy) is 1. The van der Waals surface area contributed by atoms with Crippen molar-refractivity contribution in [2.75, 3.05) is 19.7 Å². The highest BCUT2D eigenvalue weighted by molar-refractivity contribution is 9.10. The fraction of sp³-hybridized carbons (Fsp3) is 0.600. The van der Waals surface area contributed by atoms with Crippen LogP contribution in [0.4, 0.5) is 0 Å². The first-order valence-electron chi connectivity index (χ1n) is 6.91. The van der Waals surface area contributed by atoms with Crippen LogP contribution in [-0.2, 0) is 6.42 Å². The molecule has 2 rings (SSSR count). The molecule has 1 saturated heterocycles. The molecule has 2 nitrogen and oxygen atoms in total. The van der Waals surface area contributed by atoms with Crippen LogP contribution in [0.15, 0.2) is 22.7 Å². The predicted molar refractivity (Wildman–Crippen MR) is 86.5 cm³/mol. The van der Waals surface area contributed by atoms with Gasteiger partial charge in [-0.3, -0.25) is 0 Å². The van der Waals surface area contributed by atoms with Crippen LogP contribution < -0.4 is 10.1 Å². The highest BCUT2D eigenvalue weighted by Crippen LogP contribution is 2.25. The first kappa shape index (κ1) is 16.8. The van der Waals surface area contributed by atoms with E-state index in [1.54, 1.807) is 0 Å². The molecular formula is C15H23BrClNO. The number of hydrogen-bond donors (Lipinski definition) is 1. The van der Waals surface area contributed by atoms with E-state index in [0.717, 1.165) is 42.3 Å². The Kier molecular flexibility index (Phi) is 7.81. The molecule has 1 fully saturated rings. The third kappa shape index (κ3) is 5.72. The molecule has 0 aliphatic carbocycles. The number of halogens is 2. The quantitative estimate of drug-likeness (QED) is 0.861. The molecule has 1 aromatic carbocycles. The van der Waals surface area contributed by atoms with Crippen molar-refractivity contribution >= 4 is 28.3 Å². The van der Waals surface area contributed by atoms with Gasteiger partial charge in [-0.25, -0.2) is 0 Å². The maximum absolute atomic E-state index is 5.72. The molecule has 0 amide bonds. The summed E-state index contributed by atoms with van der Waals surface area (Å²) in [7, 11) is 0. The molecule has 4 heteroatoms. The molecule has 1 aliphatic rings. The molecule has 0 spiro atoms. The Balaban J connectivity index is 0.00000180. The fourth-order valence-corrected chi connectivity index (χ4v) is 2.98. The van der Waals surface area contributed by atoms with E-state index in [9.17, 15) is 0 Å². The summed E-state index contributed by atoms with van der Waals surface area (Å²) >= 11 is 3.58. The van der Waals surface area contributed by atoms with Crippen LogP contribution in [0.1, 0.15) is 31.7 Å². The van der Waals surface area contributed by atoms with Crippen LogP contribution in [0.25, 0.3) is 0 Å². The molecule has 19 heavy (non-hydrogen) atoms. The molecule has 1 heterocycles. The maximum atomic E-state index is 5.72. The van der Waals surface area contributed by atoms with Gasteiger partial charge in [0, 0.05) is 4.47 Å². The smallest absolute Gasteiger partial charge is 0.120 e. The summed E-state index contributed by atoms with van der Waals surface area (Å²) in [6.45, 7) is 5.26. The van der Waals surface area contributed by atoms with Gasteiger partial charge in [-0.1, -0.05) is 22.9 Å². The molecule has 1 N–H and O–H groups in total. The third-order valence-electron chi connectivity index (χ3n) is 3.39. The number of hydrogen-bond acceptors (Lipinski definition) is 2. The molecule has 0 atom stereocenters. The zero-order valence-corrected chi connectivity index (χ0v) is 13.9. The van der Waals surface area contributed by atoms with E-state index in [4.69, 9.17) is 4.74 Å². The molecule has 1 aromatic rings. The molecule has 0 radical (unpaired) electrons. The first-order chi connectivity index (χ1) is 8.78. The lowest BCUT2D eigenvalue weighted by atomic mass is 9.91. The van der Waals surface area contributed by atoms with Crippen molar-refractivity contribution in [2.45, 2.75) is 32.6 Å². The van der Waals surface area contributed by atoms with Gasteiger partial charge in [-0.15, -0.1) is 12.4 Å². The van der Waals surface area contributed by atoms with Crippen molar-refractivity contribution < 1.29 is 4.74 Å². The van der Waals surface area contributed by atoms with E-state index >= 15 is 0 Å².